The molecule has 0 bridgehead atoms. The number of furan rings is 1. The first-order valence-electron chi connectivity index (χ1n) is 9.30. The van der Waals surface area contributed by atoms with Crippen molar-refractivity contribution in [3.63, 3.8) is 0 Å². The van der Waals surface area contributed by atoms with Crippen molar-refractivity contribution in [3.8, 4) is 0 Å². The minimum atomic E-state index is -0.509. The maximum atomic E-state index is 12.6. The molecule has 2 aromatic carbocycles. The van der Waals surface area contributed by atoms with Crippen molar-refractivity contribution >= 4 is 39.4 Å². The van der Waals surface area contributed by atoms with Crippen LogP contribution < -0.4 is 10.9 Å². The minimum absolute atomic E-state index is 0.0797. The number of halogens is 1. The average Bonchev–Trinajstić information content (AvgIpc) is 3.06. The smallest absolute Gasteiger partial charge is 0.340 e. The number of hydrogen-bond donors (Lipinski definition) is 1. The molecule has 1 N–H and O–H groups in total. The van der Waals surface area contributed by atoms with E-state index in [1.807, 2.05) is 45.0 Å². The van der Waals surface area contributed by atoms with E-state index in [1.54, 1.807) is 12.3 Å². The number of carbonyl (C=O) groups excluding carboxylic acids is 1. The van der Waals surface area contributed by atoms with Crippen LogP contribution in [0.5, 0.6) is 0 Å². The summed E-state index contributed by atoms with van der Waals surface area (Å²) < 4.78 is 11.3. The summed E-state index contributed by atoms with van der Waals surface area (Å²) in [5.41, 5.74) is 4.47. The van der Waals surface area contributed by atoms with Crippen LogP contribution in [0.15, 0.2) is 50.2 Å². The summed E-state index contributed by atoms with van der Waals surface area (Å²) in [5, 5.41) is 5.13. The Morgan fingerprint density at radius 2 is 1.86 bits per heavy atom. The Bertz CT molecular complexity index is 1320. The molecule has 5 nitrogen and oxygen atoms in total. The van der Waals surface area contributed by atoms with E-state index in [4.69, 9.17) is 20.4 Å². The maximum Gasteiger partial charge on any atom is 0.340 e. The first kappa shape index (κ1) is 19.3. The van der Waals surface area contributed by atoms with Gasteiger partial charge in [-0.2, -0.15) is 0 Å². The largest absolute Gasteiger partial charge is 0.463 e. The lowest BCUT2D eigenvalue weighted by Crippen LogP contribution is -2.27. The lowest BCUT2D eigenvalue weighted by Gasteiger charge is -2.10. The number of amides is 1. The van der Waals surface area contributed by atoms with Crippen LogP contribution in [0.3, 0.4) is 0 Å². The summed E-state index contributed by atoms with van der Waals surface area (Å²) >= 11 is 6.13. The van der Waals surface area contributed by atoms with E-state index in [2.05, 4.69) is 5.32 Å². The van der Waals surface area contributed by atoms with Crippen LogP contribution in [-0.2, 0) is 17.8 Å². The Morgan fingerprint density at radius 3 is 2.62 bits per heavy atom. The molecule has 4 rings (SSSR count). The van der Waals surface area contributed by atoms with E-state index in [-0.39, 0.29) is 18.9 Å². The van der Waals surface area contributed by atoms with E-state index in [0.717, 1.165) is 27.5 Å². The van der Waals surface area contributed by atoms with E-state index in [9.17, 15) is 9.59 Å². The Labute approximate surface area is 172 Å². The molecule has 2 heterocycles. The van der Waals surface area contributed by atoms with Gasteiger partial charge < -0.3 is 14.2 Å². The zero-order chi connectivity index (χ0) is 20.7. The van der Waals surface area contributed by atoms with Gasteiger partial charge in [0.25, 0.3) is 0 Å². The second-order valence-electron chi connectivity index (χ2n) is 7.23. The highest BCUT2D eigenvalue weighted by atomic mass is 35.5. The molecule has 0 radical (unpaired) electrons. The van der Waals surface area contributed by atoms with E-state index in [1.165, 1.54) is 0 Å². The molecule has 0 fully saturated rings. The van der Waals surface area contributed by atoms with Crippen molar-refractivity contribution in [2.75, 3.05) is 0 Å². The van der Waals surface area contributed by atoms with E-state index in [0.29, 0.717) is 27.3 Å². The standard InChI is InChI=1S/C23H20ClNO4/c1-12-8-18-21(22-20(12)13(2)11-28-22)14(3)16(23(27)29-18)9-19(26)25-10-15-6-4-5-7-17(15)24/h4-8,11H,9-10H2,1-3H3,(H,25,26). The third-order valence-corrected chi connectivity index (χ3v) is 5.61. The molecule has 0 unspecified atom stereocenters. The summed E-state index contributed by atoms with van der Waals surface area (Å²) in [6.07, 6.45) is 1.61. The molecule has 6 heteroatoms. The van der Waals surface area contributed by atoms with Crippen molar-refractivity contribution in [1.29, 1.82) is 0 Å². The summed E-state index contributed by atoms with van der Waals surface area (Å²) in [5.74, 6) is -0.279. The predicted molar refractivity (Wildman–Crippen MR) is 113 cm³/mol. The van der Waals surface area contributed by atoms with Gasteiger partial charge in [-0.25, -0.2) is 4.79 Å². The molecule has 4 aromatic rings. The monoisotopic (exact) mass is 409 g/mol. The zero-order valence-corrected chi connectivity index (χ0v) is 17.1. The van der Waals surface area contributed by atoms with Crippen molar-refractivity contribution in [2.45, 2.75) is 33.7 Å². The molecular weight excluding hydrogens is 390 g/mol. The summed E-state index contributed by atoms with van der Waals surface area (Å²) in [7, 11) is 0. The van der Waals surface area contributed by atoms with Gasteiger partial charge in [-0.1, -0.05) is 29.8 Å². The normalized spacial score (nSPS) is 11.3. The lowest BCUT2D eigenvalue weighted by atomic mass is 9.99. The molecule has 0 aliphatic rings. The second kappa shape index (κ2) is 7.41. The molecule has 0 saturated heterocycles. The number of nitrogens with one attached hydrogen (secondary N) is 1. The number of hydrogen-bond acceptors (Lipinski definition) is 4. The van der Waals surface area contributed by atoms with Crippen LogP contribution in [0.2, 0.25) is 5.02 Å². The zero-order valence-electron chi connectivity index (χ0n) is 16.4. The quantitative estimate of drug-likeness (QED) is 0.482. The van der Waals surface area contributed by atoms with Gasteiger partial charge >= 0.3 is 5.63 Å². The second-order valence-corrected chi connectivity index (χ2v) is 7.63. The molecule has 2 aromatic heterocycles. The number of rotatable bonds is 4. The summed E-state index contributed by atoms with van der Waals surface area (Å²) in [6, 6.07) is 9.14. The molecule has 0 spiro atoms. The van der Waals surface area contributed by atoms with E-state index < -0.39 is 5.63 Å². The molecule has 29 heavy (non-hydrogen) atoms. The fourth-order valence-corrected chi connectivity index (χ4v) is 3.94. The van der Waals surface area contributed by atoms with Crippen LogP contribution >= 0.6 is 11.6 Å². The molecule has 148 valence electrons. The number of aryl methyl sites for hydroxylation is 3. The molecule has 0 aliphatic carbocycles. The van der Waals surface area contributed by atoms with Gasteiger partial charge in [0.1, 0.15) is 11.2 Å². The Hall–Kier alpha value is -3.05. The third kappa shape index (κ3) is 3.42. The van der Waals surface area contributed by atoms with Crippen molar-refractivity contribution in [2.24, 2.45) is 0 Å². The van der Waals surface area contributed by atoms with Crippen LogP contribution in [0.25, 0.3) is 21.9 Å². The molecule has 0 aliphatic heterocycles. The fraction of sp³-hybridized carbons (Fsp3) is 0.217. The van der Waals surface area contributed by atoms with Gasteiger partial charge in [-0.15, -0.1) is 0 Å². The van der Waals surface area contributed by atoms with Crippen LogP contribution in [0.1, 0.15) is 27.8 Å². The molecule has 0 atom stereocenters. The lowest BCUT2D eigenvalue weighted by molar-refractivity contribution is -0.120. The van der Waals surface area contributed by atoms with Crippen molar-refractivity contribution in [3.05, 3.63) is 79.9 Å². The number of carbonyl (C=O) groups is 1. The van der Waals surface area contributed by atoms with Gasteiger partial charge in [-0.3, -0.25) is 4.79 Å². The van der Waals surface area contributed by atoms with Gasteiger partial charge in [0, 0.05) is 17.0 Å². The molecule has 1 amide bonds. The highest BCUT2D eigenvalue weighted by Crippen LogP contribution is 2.34. The topological polar surface area (TPSA) is 72.5 Å². The van der Waals surface area contributed by atoms with E-state index >= 15 is 0 Å². The van der Waals surface area contributed by atoms with Gasteiger partial charge in [-0.05, 0) is 55.2 Å². The van der Waals surface area contributed by atoms with Crippen LogP contribution in [0, 0.1) is 20.8 Å². The average molecular weight is 410 g/mol. The fourth-order valence-electron chi connectivity index (χ4n) is 3.74. The molecular formula is C23H20ClNO4. The highest BCUT2D eigenvalue weighted by Gasteiger charge is 2.20. The number of fused-ring (bicyclic) bond motifs is 3. The summed E-state index contributed by atoms with van der Waals surface area (Å²) in [4.78, 5) is 25.1. The Balaban J connectivity index is 1.69. The first-order chi connectivity index (χ1) is 13.9. The van der Waals surface area contributed by atoms with Gasteiger partial charge in [0.15, 0.2) is 0 Å². The summed E-state index contributed by atoms with van der Waals surface area (Å²) in [6.45, 7) is 6.04. The SMILES string of the molecule is Cc1coc2c1c(C)cc1oc(=O)c(CC(=O)NCc3ccccc3Cl)c(C)c12. The molecule has 0 saturated carbocycles. The number of benzene rings is 2. The predicted octanol–water partition coefficient (Wildman–Crippen LogP) is 4.98. The van der Waals surface area contributed by atoms with Gasteiger partial charge in [0.2, 0.25) is 5.91 Å². The van der Waals surface area contributed by atoms with Crippen molar-refractivity contribution in [1.82, 2.24) is 5.32 Å². The minimum Gasteiger partial charge on any atom is -0.463 e. The van der Waals surface area contributed by atoms with Crippen LogP contribution in [0.4, 0.5) is 0 Å². The van der Waals surface area contributed by atoms with Crippen molar-refractivity contribution < 1.29 is 13.6 Å². The maximum absolute atomic E-state index is 12.6. The Morgan fingerprint density at radius 1 is 1.10 bits per heavy atom. The highest BCUT2D eigenvalue weighted by molar-refractivity contribution is 6.31. The van der Waals surface area contributed by atoms with Gasteiger partial charge in [0.05, 0.1) is 23.6 Å². The third-order valence-electron chi connectivity index (χ3n) is 5.24. The Kier molecular flexibility index (Phi) is 4.92. The van der Waals surface area contributed by atoms with Crippen LogP contribution in [-0.4, -0.2) is 5.91 Å². The first-order valence-corrected chi connectivity index (χ1v) is 9.68.